The number of nitrogens with one attached hydrogen (secondary N) is 1. The second-order valence-corrected chi connectivity index (χ2v) is 7.23. The molecule has 0 amide bonds. The van der Waals surface area contributed by atoms with Crippen LogP contribution in [0, 0.1) is 0 Å². The third kappa shape index (κ3) is 2.79. The number of aromatic amines is 1. The van der Waals surface area contributed by atoms with E-state index in [0.29, 0.717) is 12.1 Å². The van der Waals surface area contributed by atoms with Crippen LogP contribution in [0.15, 0.2) is 42.5 Å². The van der Waals surface area contributed by atoms with Gasteiger partial charge in [0.2, 0.25) is 0 Å². The van der Waals surface area contributed by atoms with Crippen molar-refractivity contribution in [1.29, 1.82) is 0 Å². The van der Waals surface area contributed by atoms with Gasteiger partial charge >= 0.3 is 5.97 Å². The van der Waals surface area contributed by atoms with Gasteiger partial charge in [0.05, 0.1) is 29.1 Å². The maximum Gasteiger partial charge on any atom is 0.356 e. The van der Waals surface area contributed by atoms with Gasteiger partial charge in [-0.2, -0.15) is 0 Å². The Labute approximate surface area is 154 Å². The fourth-order valence-corrected chi connectivity index (χ4v) is 3.83. The highest BCUT2D eigenvalue weighted by Gasteiger charge is 2.28. The van der Waals surface area contributed by atoms with Gasteiger partial charge in [0, 0.05) is 22.2 Å². The van der Waals surface area contributed by atoms with Gasteiger partial charge in [0.1, 0.15) is 5.69 Å². The van der Waals surface area contributed by atoms with Crippen molar-refractivity contribution in [3.63, 3.8) is 0 Å². The number of H-pyrrole nitrogens is 1. The van der Waals surface area contributed by atoms with Crippen LogP contribution in [0.2, 0.25) is 0 Å². The van der Waals surface area contributed by atoms with Crippen LogP contribution in [0.5, 0.6) is 0 Å². The van der Waals surface area contributed by atoms with E-state index in [4.69, 9.17) is 27.9 Å². The smallest absolute Gasteiger partial charge is 0.356 e. The van der Waals surface area contributed by atoms with Gasteiger partial charge in [-0.05, 0) is 18.6 Å². The predicted molar refractivity (Wildman–Crippen MR) is 101 cm³/mol. The average molecular weight is 375 g/mol. The first kappa shape index (κ1) is 16.4. The lowest BCUT2D eigenvalue weighted by molar-refractivity contribution is 0.0594. The number of hydrogen-bond donors (Lipinski definition) is 1. The number of fused-ring (bicyclic) bond motifs is 3. The molecule has 3 unspecified atom stereocenters. The van der Waals surface area contributed by atoms with E-state index in [9.17, 15) is 4.79 Å². The standard InChI is InChI=1S/C19H16Cl2N2O2/c1-25-19(24)16-9-12-11-4-2-3-5-15(11)22-18(12)17(23-16)10-6-7-13(20)14(21)8-10/h2-7,9-10,13-14,22H,8H2,1H3. The lowest BCUT2D eigenvalue weighted by Gasteiger charge is -2.24. The molecule has 0 saturated carbocycles. The van der Waals surface area contributed by atoms with Crippen molar-refractivity contribution >= 4 is 51.0 Å². The van der Waals surface area contributed by atoms with Crippen molar-refractivity contribution in [1.82, 2.24) is 9.97 Å². The molecule has 4 nitrogen and oxygen atoms in total. The summed E-state index contributed by atoms with van der Waals surface area (Å²) in [4.78, 5) is 20.1. The number of ether oxygens (including phenoxy) is 1. The number of nitrogens with zero attached hydrogens (tertiary/aromatic N) is 1. The van der Waals surface area contributed by atoms with E-state index in [1.54, 1.807) is 6.07 Å². The number of aromatic nitrogens is 2. The predicted octanol–water partition coefficient (Wildman–Crippen LogP) is 4.76. The van der Waals surface area contributed by atoms with E-state index in [-0.39, 0.29) is 16.7 Å². The monoisotopic (exact) mass is 374 g/mol. The van der Waals surface area contributed by atoms with E-state index in [2.05, 4.69) is 9.97 Å². The Balaban J connectivity index is 1.98. The highest BCUT2D eigenvalue weighted by Crippen LogP contribution is 2.37. The van der Waals surface area contributed by atoms with Crippen LogP contribution in [0.4, 0.5) is 0 Å². The van der Waals surface area contributed by atoms with E-state index in [1.807, 2.05) is 36.4 Å². The third-order valence-electron chi connectivity index (χ3n) is 4.62. The zero-order valence-corrected chi connectivity index (χ0v) is 15.0. The Hall–Kier alpha value is -2.04. The summed E-state index contributed by atoms with van der Waals surface area (Å²) in [6.07, 6.45) is 4.58. The summed E-state index contributed by atoms with van der Waals surface area (Å²) in [5.74, 6) is -0.469. The molecule has 1 aliphatic carbocycles. The highest BCUT2D eigenvalue weighted by molar-refractivity contribution is 6.31. The summed E-state index contributed by atoms with van der Waals surface area (Å²) < 4.78 is 4.88. The van der Waals surface area contributed by atoms with Crippen molar-refractivity contribution < 1.29 is 9.53 Å². The highest BCUT2D eigenvalue weighted by atomic mass is 35.5. The molecule has 3 aromatic rings. The molecule has 1 N–H and O–H groups in total. The van der Waals surface area contributed by atoms with Gasteiger partial charge < -0.3 is 9.72 Å². The van der Waals surface area contributed by atoms with Crippen LogP contribution in [0.1, 0.15) is 28.5 Å². The molecule has 128 valence electrons. The summed E-state index contributed by atoms with van der Waals surface area (Å²) in [6.45, 7) is 0. The van der Waals surface area contributed by atoms with E-state index in [0.717, 1.165) is 27.5 Å². The SMILES string of the molecule is COC(=O)c1cc2c([nH]c3ccccc32)c(C2C=CC(Cl)C(Cl)C2)n1. The van der Waals surface area contributed by atoms with Crippen LogP contribution in [0.25, 0.3) is 21.8 Å². The number of esters is 1. The van der Waals surface area contributed by atoms with E-state index >= 15 is 0 Å². The minimum Gasteiger partial charge on any atom is -0.464 e. The molecule has 2 heterocycles. The number of alkyl halides is 2. The van der Waals surface area contributed by atoms with Crippen LogP contribution >= 0.6 is 23.2 Å². The zero-order valence-electron chi connectivity index (χ0n) is 13.5. The maximum absolute atomic E-state index is 12.1. The summed E-state index contributed by atoms with van der Waals surface area (Å²) >= 11 is 12.5. The van der Waals surface area contributed by atoms with Gasteiger partial charge in [-0.15, -0.1) is 23.2 Å². The molecule has 1 aromatic carbocycles. The molecule has 0 bridgehead atoms. The Kier molecular flexibility index (Phi) is 4.18. The molecular formula is C19H16Cl2N2O2. The van der Waals surface area contributed by atoms with Gasteiger partial charge in [-0.25, -0.2) is 9.78 Å². The number of para-hydroxylation sites is 1. The number of carbonyl (C=O) groups excluding carboxylic acids is 1. The van der Waals surface area contributed by atoms with Crippen molar-refractivity contribution in [2.24, 2.45) is 0 Å². The van der Waals surface area contributed by atoms with Crippen molar-refractivity contribution in [2.75, 3.05) is 7.11 Å². The number of allylic oxidation sites excluding steroid dienone is 2. The molecule has 2 aromatic heterocycles. The van der Waals surface area contributed by atoms with Gasteiger partial charge in [-0.1, -0.05) is 30.4 Å². The first-order chi connectivity index (χ1) is 12.1. The molecular weight excluding hydrogens is 359 g/mol. The molecule has 0 fully saturated rings. The largest absolute Gasteiger partial charge is 0.464 e. The van der Waals surface area contributed by atoms with Crippen LogP contribution in [-0.4, -0.2) is 33.8 Å². The summed E-state index contributed by atoms with van der Waals surface area (Å²) in [5.41, 5.74) is 3.00. The minimum atomic E-state index is -0.453. The molecule has 0 aliphatic heterocycles. The lowest BCUT2D eigenvalue weighted by Crippen LogP contribution is -2.21. The maximum atomic E-state index is 12.1. The number of pyridine rings is 1. The van der Waals surface area contributed by atoms with E-state index in [1.165, 1.54) is 7.11 Å². The van der Waals surface area contributed by atoms with Crippen molar-refractivity contribution in [2.45, 2.75) is 23.1 Å². The minimum absolute atomic E-state index is 0.0160. The first-order valence-electron chi connectivity index (χ1n) is 8.04. The van der Waals surface area contributed by atoms with Gasteiger partial charge in [0.25, 0.3) is 0 Å². The Morgan fingerprint density at radius 3 is 2.80 bits per heavy atom. The molecule has 0 spiro atoms. The molecule has 4 rings (SSSR count). The van der Waals surface area contributed by atoms with Crippen LogP contribution in [-0.2, 0) is 4.74 Å². The van der Waals surface area contributed by atoms with Crippen molar-refractivity contribution in [3.05, 3.63) is 53.9 Å². The number of rotatable bonds is 2. The first-order valence-corrected chi connectivity index (χ1v) is 8.92. The molecule has 3 atom stereocenters. The molecule has 0 radical (unpaired) electrons. The number of methoxy groups -OCH3 is 1. The number of hydrogen-bond acceptors (Lipinski definition) is 3. The molecule has 1 aliphatic rings. The lowest BCUT2D eigenvalue weighted by atomic mass is 9.90. The number of halogens is 2. The second kappa shape index (κ2) is 6.36. The fraction of sp³-hybridized carbons (Fsp3) is 0.263. The summed E-state index contributed by atoms with van der Waals surface area (Å²) in [7, 11) is 1.36. The number of benzene rings is 1. The molecule has 6 heteroatoms. The molecule has 25 heavy (non-hydrogen) atoms. The quantitative estimate of drug-likeness (QED) is 0.399. The average Bonchev–Trinajstić information content (AvgIpc) is 3.01. The van der Waals surface area contributed by atoms with Crippen LogP contribution < -0.4 is 0 Å². The van der Waals surface area contributed by atoms with E-state index < -0.39 is 5.97 Å². The topological polar surface area (TPSA) is 55.0 Å². The number of carbonyl (C=O) groups is 1. The second-order valence-electron chi connectivity index (χ2n) is 6.16. The van der Waals surface area contributed by atoms with Gasteiger partial charge in [0.15, 0.2) is 0 Å². The van der Waals surface area contributed by atoms with Crippen LogP contribution in [0.3, 0.4) is 0 Å². The third-order valence-corrected chi connectivity index (χ3v) is 5.65. The Morgan fingerprint density at radius 2 is 2.04 bits per heavy atom. The normalized spacial score (nSPS) is 23.2. The Morgan fingerprint density at radius 1 is 1.24 bits per heavy atom. The van der Waals surface area contributed by atoms with Crippen molar-refractivity contribution in [3.8, 4) is 0 Å². The molecule has 0 saturated heterocycles. The fourth-order valence-electron chi connectivity index (χ4n) is 3.36. The van der Waals surface area contributed by atoms with Gasteiger partial charge in [-0.3, -0.25) is 0 Å². The summed E-state index contributed by atoms with van der Waals surface area (Å²) in [5, 5.41) is 1.62. The Bertz CT molecular complexity index is 996. The summed E-state index contributed by atoms with van der Waals surface area (Å²) in [6, 6.07) is 9.75. The zero-order chi connectivity index (χ0) is 17.6.